The zero-order chi connectivity index (χ0) is 32.9. The largest absolute Gasteiger partial charge is 0.376 e. The molecule has 0 radical (unpaired) electrons. The Morgan fingerprint density at radius 1 is 0.600 bits per heavy atom. The molecule has 0 N–H and O–H groups in total. The maximum atomic E-state index is 13.9. The van der Waals surface area contributed by atoms with Crippen LogP contribution in [0.2, 0.25) is 0 Å². The molecule has 0 amide bonds. The van der Waals surface area contributed by atoms with Gasteiger partial charge in [0.15, 0.2) is 17.1 Å². The van der Waals surface area contributed by atoms with Crippen molar-refractivity contribution in [3.05, 3.63) is 114 Å². The molecule has 3 aromatic carbocycles. The van der Waals surface area contributed by atoms with Gasteiger partial charge in [0.1, 0.15) is 9.79 Å². The molecule has 0 heterocycles. The summed E-state index contributed by atoms with van der Waals surface area (Å²) in [7, 11) is -13.7. The summed E-state index contributed by atoms with van der Waals surface area (Å²) < 4.78 is 101. The van der Waals surface area contributed by atoms with E-state index in [0.717, 1.165) is 0 Å². The van der Waals surface area contributed by atoms with Crippen molar-refractivity contribution in [3.8, 4) is 0 Å². The molecule has 0 aromatic heterocycles. The van der Waals surface area contributed by atoms with Crippen LogP contribution in [0.3, 0.4) is 0 Å². The zero-order valence-electron chi connectivity index (χ0n) is 25.7. The molecule has 2 atom stereocenters. The third-order valence-electron chi connectivity index (χ3n) is 7.81. The first-order valence-corrected chi connectivity index (χ1v) is 19.1. The first kappa shape index (κ1) is 34.4. The Balaban J connectivity index is 2.10. The Morgan fingerprint density at radius 3 is 1.44 bits per heavy atom. The molecule has 1 aliphatic carbocycles. The fourth-order valence-electron chi connectivity index (χ4n) is 5.75. The maximum Gasteiger partial charge on any atom is 0.339 e. The highest BCUT2D eigenvalue weighted by Crippen LogP contribution is 2.52. The third kappa shape index (κ3) is 7.04. The van der Waals surface area contributed by atoms with E-state index in [0.29, 0.717) is 30.4 Å². The molecule has 242 valence electrons. The van der Waals surface area contributed by atoms with Crippen LogP contribution >= 0.6 is 0 Å². The average Bonchev–Trinajstić information content (AvgIpc) is 3.04. The van der Waals surface area contributed by atoms with Crippen LogP contribution in [0.1, 0.15) is 59.8 Å². The van der Waals surface area contributed by atoms with Crippen LogP contribution < -0.4 is 0 Å². The SMILES string of the molecule is CCCC1C(CC)=C(CC)C(OS(=O)(=O)c2ccccc2)=C(OS(=O)(=O)c2ccccc2)C1(CC)OS(=O)(=O)c1ccccc1. The molecule has 9 nitrogen and oxygen atoms in total. The van der Waals surface area contributed by atoms with Gasteiger partial charge in [0.2, 0.25) is 0 Å². The molecular formula is C33H38O9S3. The van der Waals surface area contributed by atoms with E-state index in [1.807, 2.05) is 13.8 Å². The van der Waals surface area contributed by atoms with Gasteiger partial charge in [-0.2, -0.15) is 25.3 Å². The quantitative estimate of drug-likeness (QED) is 0.164. The minimum absolute atomic E-state index is 0.0951. The summed E-state index contributed by atoms with van der Waals surface area (Å²) in [5, 5.41) is 0. The van der Waals surface area contributed by atoms with Gasteiger partial charge in [0, 0.05) is 5.92 Å². The highest BCUT2D eigenvalue weighted by molar-refractivity contribution is 7.87. The van der Waals surface area contributed by atoms with Gasteiger partial charge in [-0.1, -0.05) is 94.3 Å². The van der Waals surface area contributed by atoms with E-state index in [4.69, 9.17) is 12.5 Å². The second-order valence-electron chi connectivity index (χ2n) is 10.5. The molecule has 1 aliphatic rings. The van der Waals surface area contributed by atoms with E-state index in [9.17, 15) is 25.3 Å². The Morgan fingerprint density at radius 2 is 1.04 bits per heavy atom. The first-order valence-electron chi connectivity index (χ1n) is 14.8. The molecule has 0 aliphatic heterocycles. The highest BCUT2D eigenvalue weighted by atomic mass is 32.2. The number of allylic oxidation sites excluding steroid dienone is 1. The first-order chi connectivity index (χ1) is 21.4. The van der Waals surface area contributed by atoms with Crippen LogP contribution in [0.4, 0.5) is 0 Å². The highest BCUT2D eigenvalue weighted by Gasteiger charge is 2.55. The van der Waals surface area contributed by atoms with E-state index in [1.165, 1.54) is 60.7 Å². The van der Waals surface area contributed by atoms with E-state index >= 15 is 0 Å². The molecule has 0 bridgehead atoms. The van der Waals surface area contributed by atoms with Crippen LogP contribution in [0, 0.1) is 5.92 Å². The lowest BCUT2D eigenvalue weighted by Crippen LogP contribution is -2.49. The lowest BCUT2D eigenvalue weighted by atomic mass is 9.69. The molecule has 45 heavy (non-hydrogen) atoms. The lowest BCUT2D eigenvalue weighted by Gasteiger charge is -2.45. The fraction of sp³-hybridized carbons (Fsp3) is 0.333. The number of hydrogen-bond acceptors (Lipinski definition) is 9. The van der Waals surface area contributed by atoms with E-state index in [1.54, 1.807) is 44.2 Å². The Kier molecular flexibility index (Phi) is 10.6. The number of hydrogen-bond donors (Lipinski definition) is 0. The smallest absolute Gasteiger partial charge is 0.339 e. The normalized spacial score (nSPS) is 19.4. The van der Waals surface area contributed by atoms with E-state index in [-0.39, 0.29) is 27.5 Å². The second kappa shape index (κ2) is 13.9. The zero-order valence-corrected chi connectivity index (χ0v) is 28.1. The van der Waals surface area contributed by atoms with E-state index in [2.05, 4.69) is 0 Å². The molecule has 3 aromatic rings. The van der Waals surface area contributed by atoms with Crippen molar-refractivity contribution in [1.29, 1.82) is 0 Å². The maximum absolute atomic E-state index is 13.9. The Hall–Kier alpha value is -3.45. The van der Waals surface area contributed by atoms with Crippen LogP contribution in [0.25, 0.3) is 0 Å². The molecule has 0 fully saturated rings. The lowest BCUT2D eigenvalue weighted by molar-refractivity contribution is 0.0134. The number of rotatable bonds is 14. The third-order valence-corrected chi connectivity index (χ3v) is 11.7. The molecule has 0 saturated heterocycles. The summed E-state index contributed by atoms with van der Waals surface area (Å²) in [6, 6.07) is 22.2. The van der Waals surface area contributed by atoms with Crippen molar-refractivity contribution in [2.24, 2.45) is 5.92 Å². The summed E-state index contributed by atoms with van der Waals surface area (Å²) in [5.41, 5.74) is -0.872. The summed E-state index contributed by atoms with van der Waals surface area (Å²) in [4.78, 5) is -0.540. The van der Waals surface area contributed by atoms with Crippen LogP contribution in [-0.4, -0.2) is 30.9 Å². The van der Waals surface area contributed by atoms with Gasteiger partial charge in [-0.15, -0.1) is 0 Å². The second-order valence-corrected chi connectivity index (χ2v) is 15.1. The molecule has 12 heteroatoms. The standard InChI is InChI=1S/C33H38O9S3/c1-5-18-30-28(6-2)29(7-3)31(40-43(34,35)25-19-12-9-13-20-25)32(41-44(36,37)26-21-14-10-15-22-26)33(30,8-4)42-45(38,39)27-23-16-11-17-24-27/h9-17,19-24,30H,5-8,18H2,1-4H3. The molecule has 0 spiro atoms. The fourth-order valence-corrected chi connectivity index (χ4v) is 9.04. The molecular weight excluding hydrogens is 637 g/mol. The van der Waals surface area contributed by atoms with Gasteiger partial charge in [-0.25, -0.2) is 0 Å². The van der Waals surface area contributed by atoms with Crippen molar-refractivity contribution in [3.63, 3.8) is 0 Å². The van der Waals surface area contributed by atoms with Gasteiger partial charge in [0.05, 0.1) is 4.90 Å². The van der Waals surface area contributed by atoms with E-state index < -0.39 is 53.4 Å². The summed E-state index contributed by atoms with van der Waals surface area (Å²) in [5.74, 6) is -1.62. The monoisotopic (exact) mass is 674 g/mol. The Bertz CT molecular complexity index is 1870. The van der Waals surface area contributed by atoms with Gasteiger partial charge in [0.25, 0.3) is 10.1 Å². The van der Waals surface area contributed by atoms with Crippen molar-refractivity contribution in [2.75, 3.05) is 0 Å². The minimum atomic E-state index is -4.64. The molecule has 4 rings (SSSR count). The molecule has 2 unspecified atom stereocenters. The molecule has 0 saturated carbocycles. The van der Waals surface area contributed by atoms with Gasteiger partial charge >= 0.3 is 20.2 Å². The van der Waals surface area contributed by atoms with Gasteiger partial charge in [-0.3, -0.25) is 4.18 Å². The van der Waals surface area contributed by atoms with Gasteiger partial charge < -0.3 is 8.37 Å². The van der Waals surface area contributed by atoms with Crippen molar-refractivity contribution in [2.45, 2.75) is 80.1 Å². The van der Waals surface area contributed by atoms with Crippen molar-refractivity contribution >= 4 is 30.4 Å². The summed E-state index contributed by atoms with van der Waals surface area (Å²) in [6.45, 7) is 7.23. The predicted molar refractivity (Wildman–Crippen MR) is 170 cm³/mol. The van der Waals surface area contributed by atoms with Crippen LogP contribution in [0.15, 0.2) is 128 Å². The topological polar surface area (TPSA) is 130 Å². The predicted octanol–water partition coefficient (Wildman–Crippen LogP) is 7.11. The van der Waals surface area contributed by atoms with Gasteiger partial charge in [-0.05, 0) is 67.7 Å². The summed E-state index contributed by atoms with van der Waals surface area (Å²) in [6.07, 6.45) is 1.51. The average molecular weight is 675 g/mol. The summed E-state index contributed by atoms with van der Waals surface area (Å²) >= 11 is 0. The van der Waals surface area contributed by atoms with Crippen LogP contribution in [-0.2, 0) is 42.9 Å². The van der Waals surface area contributed by atoms with Crippen molar-refractivity contribution in [1.82, 2.24) is 0 Å². The van der Waals surface area contributed by atoms with Crippen molar-refractivity contribution < 1.29 is 37.8 Å². The van der Waals surface area contributed by atoms with Crippen LogP contribution in [0.5, 0.6) is 0 Å². The minimum Gasteiger partial charge on any atom is -0.376 e. The number of benzene rings is 3. The Labute approximate surface area is 266 Å².